The molecule has 9 heteroatoms. The number of nitrogens with zero attached hydrogens (tertiary/aromatic N) is 5. The fraction of sp³-hybridized carbons (Fsp3) is 0.520. The second kappa shape index (κ2) is 10.0. The molecule has 2 aliphatic rings. The maximum absolute atomic E-state index is 13.0. The molecular weight excluding hydrogens is 450 g/mol. The van der Waals surface area contributed by atoms with Crippen molar-refractivity contribution >= 4 is 29.0 Å². The van der Waals surface area contributed by atoms with E-state index in [-0.39, 0.29) is 17.9 Å². The van der Waals surface area contributed by atoms with Gasteiger partial charge in [0.1, 0.15) is 11.3 Å². The molecule has 2 aromatic rings. The Bertz CT molecular complexity index is 1050. The highest BCUT2D eigenvalue weighted by atomic mass is 32.1. The third-order valence-electron chi connectivity index (χ3n) is 6.17. The summed E-state index contributed by atoms with van der Waals surface area (Å²) in [4.78, 5) is 35.9. The highest BCUT2D eigenvalue weighted by Gasteiger charge is 2.30. The average molecular weight is 482 g/mol. The third kappa shape index (κ3) is 5.68. The van der Waals surface area contributed by atoms with Crippen molar-refractivity contribution in [3.8, 4) is 6.07 Å². The monoisotopic (exact) mass is 481 g/mol. The summed E-state index contributed by atoms with van der Waals surface area (Å²) in [5, 5.41) is 11.8. The molecule has 1 aromatic carbocycles. The van der Waals surface area contributed by atoms with Crippen LogP contribution < -0.4 is 4.90 Å². The third-order valence-corrected chi connectivity index (χ3v) is 7.17. The predicted molar refractivity (Wildman–Crippen MR) is 131 cm³/mol. The van der Waals surface area contributed by atoms with Gasteiger partial charge in [-0.05, 0) is 57.9 Å². The molecule has 4 rings (SSSR count). The molecule has 0 unspecified atom stereocenters. The fourth-order valence-corrected chi connectivity index (χ4v) is 5.25. The van der Waals surface area contributed by atoms with E-state index < -0.39 is 5.60 Å². The number of nitriles is 1. The quantitative estimate of drug-likeness (QED) is 0.656. The van der Waals surface area contributed by atoms with Gasteiger partial charge >= 0.3 is 6.09 Å². The van der Waals surface area contributed by atoms with Crippen LogP contribution in [0.15, 0.2) is 29.6 Å². The maximum atomic E-state index is 13.0. The lowest BCUT2D eigenvalue weighted by Crippen LogP contribution is -2.48. The van der Waals surface area contributed by atoms with Crippen LogP contribution in [0.4, 0.5) is 10.5 Å². The number of ether oxygens (including phenoxy) is 1. The van der Waals surface area contributed by atoms with Crippen LogP contribution in [0.2, 0.25) is 0 Å². The van der Waals surface area contributed by atoms with Crippen LogP contribution in [-0.2, 0) is 4.74 Å². The summed E-state index contributed by atoms with van der Waals surface area (Å²) in [5.74, 6) is 0.242. The number of hydrogen-bond donors (Lipinski definition) is 0. The van der Waals surface area contributed by atoms with Gasteiger partial charge in [0, 0.05) is 56.3 Å². The summed E-state index contributed by atoms with van der Waals surface area (Å²) >= 11 is 1.54. The van der Waals surface area contributed by atoms with E-state index >= 15 is 0 Å². The van der Waals surface area contributed by atoms with Crippen LogP contribution >= 0.6 is 11.3 Å². The van der Waals surface area contributed by atoms with Crippen molar-refractivity contribution < 1.29 is 14.3 Å². The van der Waals surface area contributed by atoms with Gasteiger partial charge in [-0.3, -0.25) is 4.79 Å². The van der Waals surface area contributed by atoms with Crippen LogP contribution in [0, 0.1) is 11.3 Å². The van der Waals surface area contributed by atoms with Crippen molar-refractivity contribution in [3.05, 3.63) is 45.9 Å². The normalized spacial score (nSPS) is 17.4. The zero-order valence-corrected chi connectivity index (χ0v) is 20.8. The van der Waals surface area contributed by atoms with E-state index in [1.807, 2.05) is 55.3 Å². The van der Waals surface area contributed by atoms with E-state index in [1.165, 1.54) is 11.3 Å². The Morgan fingerprint density at radius 3 is 2.26 bits per heavy atom. The molecule has 0 atom stereocenters. The Labute approximate surface area is 204 Å². The largest absolute Gasteiger partial charge is 0.444 e. The molecular formula is C25H31N5O3S. The van der Waals surface area contributed by atoms with Gasteiger partial charge in [0.15, 0.2) is 0 Å². The SMILES string of the molecule is CC(C)(C)OC(=O)N1CCC(c2nc(C(=O)N3CCN(c4ccc(C#N)cc4)CC3)cs2)CC1. The van der Waals surface area contributed by atoms with Crippen LogP contribution in [0.1, 0.15) is 60.6 Å². The number of amides is 2. The Kier molecular flexibility index (Phi) is 7.08. The number of benzene rings is 1. The van der Waals surface area contributed by atoms with E-state index in [4.69, 9.17) is 10.00 Å². The smallest absolute Gasteiger partial charge is 0.410 e. The Balaban J connectivity index is 1.28. The number of thiazole rings is 1. The van der Waals surface area contributed by atoms with Crippen molar-refractivity contribution in [2.75, 3.05) is 44.2 Å². The van der Waals surface area contributed by atoms with Gasteiger partial charge in [0.05, 0.1) is 16.6 Å². The average Bonchev–Trinajstić information content (AvgIpc) is 3.33. The first-order valence-corrected chi connectivity index (χ1v) is 12.6. The van der Waals surface area contributed by atoms with Gasteiger partial charge in [-0.2, -0.15) is 5.26 Å². The zero-order chi connectivity index (χ0) is 24.3. The number of anilines is 1. The van der Waals surface area contributed by atoms with Crippen molar-refractivity contribution in [3.63, 3.8) is 0 Å². The number of hydrogen-bond acceptors (Lipinski definition) is 7. The number of likely N-dealkylation sites (tertiary alicyclic amines) is 1. The summed E-state index contributed by atoms with van der Waals surface area (Å²) in [7, 11) is 0. The molecule has 0 N–H and O–H groups in total. The Morgan fingerprint density at radius 2 is 1.68 bits per heavy atom. The summed E-state index contributed by atoms with van der Waals surface area (Å²) in [5.41, 5.74) is 1.74. The Morgan fingerprint density at radius 1 is 1.03 bits per heavy atom. The summed E-state index contributed by atoms with van der Waals surface area (Å²) in [6.45, 7) is 9.67. The summed E-state index contributed by atoms with van der Waals surface area (Å²) in [6, 6.07) is 9.69. The van der Waals surface area contributed by atoms with Crippen molar-refractivity contribution in [1.82, 2.24) is 14.8 Å². The number of piperazine rings is 1. The first-order chi connectivity index (χ1) is 16.2. The second-order valence-electron chi connectivity index (χ2n) is 9.75. The molecule has 0 spiro atoms. The van der Waals surface area contributed by atoms with E-state index in [0.717, 1.165) is 36.6 Å². The molecule has 0 aliphatic carbocycles. The lowest BCUT2D eigenvalue weighted by molar-refractivity contribution is 0.0204. The first kappa shape index (κ1) is 24.0. The highest BCUT2D eigenvalue weighted by Crippen LogP contribution is 2.31. The topological polar surface area (TPSA) is 89.8 Å². The van der Waals surface area contributed by atoms with Crippen LogP contribution in [0.3, 0.4) is 0 Å². The zero-order valence-electron chi connectivity index (χ0n) is 20.0. The van der Waals surface area contributed by atoms with Crippen LogP contribution in [-0.4, -0.2) is 71.7 Å². The molecule has 180 valence electrons. The predicted octanol–water partition coefficient (Wildman–Crippen LogP) is 4.09. The van der Waals surface area contributed by atoms with Gasteiger partial charge < -0.3 is 19.4 Å². The van der Waals surface area contributed by atoms with E-state index in [9.17, 15) is 9.59 Å². The first-order valence-electron chi connectivity index (χ1n) is 11.7. The van der Waals surface area contributed by atoms with Crippen molar-refractivity contribution in [2.45, 2.75) is 45.1 Å². The van der Waals surface area contributed by atoms with Gasteiger partial charge in [0.25, 0.3) is 5.91 Å². The molecule has 3 heterocycles. The summed E-state index contributed by atoms with van der Waals surface area (Å²) < 4.78 is 5.47. The maximum Gasteiger partial charge on any atom is 0.410 e. The molecule has 0 saturated carbocycles. The number of rotatable bonds is 3. The van der Waals surface area contributed by atoms with Crippen molar-refractivity contribution in [2.24, 2.45) is 0 Å². The Hall–Kier alpha value is -3.12. The molecule has 2 fully saturated rings. The van der Waals surface area contributed by atoms with Crippen LogP contribution in [0.25, 0.3) is 0 Å². The van der Waals surface area contributed by atoms with E-state index in [0.29, 0.717) is 37.4 Å². The standard InChI is InChI=1S/C25H31N5O3S/c1-25(2,3)33-24(32)30-10-8-19(9-11-30)22-27-21(17-34-22)23(31)29-14-12-28(13-15-29)20-6-4-18(16-26)5-7-20/h4-7,17,19H,8-15H2,1-3H3. The number of aromatic nitrogens is 1. The molecule has 8 nitrogen and oxygen atoms in total. The molecule has 1 aromatic heterocycles. The van der Waals surface area contributed by atoms with Gasteiger partial charge in [0.2, 0.25) is 0 Å². The highest BCUT2D eigenvalue weighted by molar-refractivity contribution is 7.09. The minimum atomic E-state index is -0.494. The molecule has 0 radical (unpaired) electrons. The lowest BCUT2D eigenvalue weighted by atomic mass is 9.98. The lowest BCUT2D eigenvalue weighted by Gasteiger charge is -2.35. The van der Waals surface area contributed by atoms with E-state index in [1.54, 1.807) is 4.90 Å². The number of carbonyl (C=O) groups excluding carboxylic acids is 2. The number of piperidine rings is 1. The minimum Gasteiger partial charge on any atom is -0.444 e. The van der Waals surface area contributed by atoms with Crippen molar-refractivity contribution in [1.29, 1.82) is 5.26 Å². The molecule has 0 bridgehead atoms. The minimum absolute atomic E-state index is 0.0202. The van der Waals surface area contributed by atoms with Crippen LogP contribution in [0.5, 0.6) is 0 Å². The second-order valence-corrected chi connectivity index (χ2v) is 10.6. The molecule has 34 heavy (non-hydrogen) atoms. The van der Waals surface area contributed by atoms with Gasteiger partial charge in [-0.1, -0.05) is 0 Å². The van der Waals surface area contributed by atoms with Gasteiger partial charge in [-0.25, -0.2) is 9.78 Å². The van der Waals surface area contributed by atoms with E-state index in [2.05, 4.69) is 16.0 Å². The molecule has 2 aliphatic heterocycles. The molecule has 2 amide bonds. The fourth-order valence-electron chi connectivity index (χ4n) is 4.29. The molecule has 2 saturated heterocycles. The van der Waals surface area contributed by atoms with Gasteiger partial charge in [-0.15, -0.1) is 11.3 Å². The number of carbonyl (C=O) groups is 2. The summed E-state index contributed by atoms with van der Waals surface area (Å²) in [6.07, 6.45) is 1.38.